The van der Waals surface area contributed by atoms with Crippen LogP contribution in [-0.2, 0) is 9.53 Å². The molecule has 2 unspecified atom stereocenters. The van der Waals surface area contributed by atoms with Crippen LogP contribution < -0.4 is 5.73 Å². The molecule has 0 aromatic carbocycles. The summed E-state index contributed by atoms with van der Waals surface area (Å²) in [6.45, 7) is 0. The van der Waals surface area contributed by atoms with E-state index in [0.717, 1.165) is 0 Å². The number of hydrogen-bond acceptors (Lipinski definition) is 4. The first-order chi connectivity index (χ1) is 4.18. The Hall–Kier alpha value is -0.610. The molecule has 0 aromatic rings. The van der Waals surface area contributed by atoms with E-state index in [1.54, 1.807) is 0 Å². The number of nitrogens with two attached hydrogens (primary N) is 1. The fourth-order valence-corrected chi connectivity index (χ4v) is 0.763. The Morgan fingerprint density at radius 3 is 2.89 bits per heavy atom. The number of rotatable bonds is 2. The van der Waals surface area contributed by atoms with Crippen molar-refractivity contribution in [2.45, 2.75) is 25.2 Å². The summed E-state index contributed by atoms with van der Waals surface area (Å²) in [4.78, 5) is 10.1. The van der Waals surface area contributed by atoms with E-state index in [9.17, 15) is 4.79 Å². The SMILES string of the molecule is NC(O)CC1CC(=O)O1. The van der Waals surface area contributed by atoms with E-state index >= 15 is 0 Å². The molecule has 1 aliphatic rings. The summed E-state index contributed by atoms with van der Waals surface area (Å²) in [7, 11) is 0. The smallest absolute Gasteiger partial charge is 0.309 e. The van der Waals surface area contributed by atoms with Crippen LogP contribution >= 0.6 is 0 Å². The predicted octanol–water partition coefficient (Wildman–Crippen LogP) is -1.03. The molecule has 4 heteroatoms. The van der Waals surface area contributed by atoms with Gasteiger partial charge in [-0.15, -0.1) is 0 Å². The molecule has 0 amide bonds. The lowest BCUT2D eigenvalue weighted by Gasteiger charge is -2.25. The van der Waals surface area contributed by atoms with Gasteiger partial charge in [0.25, 0.3) is 0 Å². The molecule has 0 saturated carbocycles. The van der Waals surface area contributed by atoms with Gasteiger partial charge in [-0.25, -0.2) is 0 Å². The van der Waals surface area contributed by atoms with Crippen LogP contribution in [0.1, 0.15) is 12.8 Å². The average Bonchev–Trinajstić information content (AvgIpc) is 1.60. The first kappa shape index (κ1) is 6.51. The van der Waals surface area contributed by atoms with E-state index < -0.39 is 6.23 Å². The van der Waals surface area contributed by atoms with E-state index in [1.165, 1.54) is 0 Å². The van der Waals surface area contributed by atoms with Crippen LogP contribution in [0, 0.1) is 0 Å². The molecule has 1 aliphatic heterocycles. The first-order valence-corrected chi connectivity index (χ1v) is 2.81. The molecule has 0 spiro atoms. The second-order valence-electron chi connectivity index (χ2n) is 2.12. The quantitative estimate of drug-likeness (QED) is 0.371. The average molecular weight is 131 g/mol. The lowest BCUT2D eigenvalue weighted by atomic mass is 10.1. The zero-order valence-corrected chi connectivity index (χ0v) is 4.91. The highest BCUT2D eigenvalue weighted by atomic mass is 16.6. The number of aliphatic hydroxyl groups excluding tert-OH is 1. The van der Waals surface area contributed by atoms with Gasteiger partial charge in [-0.2, -0.15) is 0 Å². The number of ether oxygens (including phenoxy) is 1. The fourth-order valence-electron chi connectivity index (χ4n) is 0.763. The summed E-state index contributed by atoms with van der Waals surface area (Å²) in [6.07, 6.45) is -0.249. The molecule has 1 heterocycles. The van der Waals surface area contributed by atoms with Crippen LogP contribution in [0.4, 0.5) is 0 Å². The number of hydrogen-bond donors (Lipinski definition) is 2. The van der Waals surface area contributed by atoms with Gasteiger partial charge < -0.3 is 15.6 Å². The highest BCUT2D eigenvalue weighted by molar-refractivity contribution is 5.75. The molecular formula is C5H9NO3. The minimum atomic E-state index is -0.858. The van der Waals surface area contributed by atoms with Crippen molar-refractivity contribution in [2.24, 2.45) is 5.73 Å². The molecule has 1 fully saturated rings. The highest BCUT2D eigenvalue weighted by Gasteiger charge is 2.29. The molecule has 0 aliphatic carbocycles. The summed E-state index contributed by atoms with van der Waals surface area (Å²) in [5.41, 5.74) is 5.01. The Kier molecular flexibility index (Phi) is 1.68. The molecule has 1 saturated heterocycles. The van der Waals surface area contributed by atoms with Crippen LogP contribution in [-0.4, -0.2) is 23.4 Å². The van der Waals surface area contributed by atoms with E-state index in [2.05, 4.69) is 4.74 Å². The number of carbonyl (C=O) groups is 1. The lowest BCUT2D eigenvalue weighted by Crippen LogP contribution is -2.37. The van der Waals surface area contributed by atoms with E-state index in [4.69, 9.17) is 10.8 Å². The molecule has 2 atom stereocenters. The van der Waals surface area contributed by atoms with Gasteiger partial charge >= 0.3 is 5.97 Å². The van der Waals surface area contributed by atoms with Crippen LogP contribution in [0.3, 0.4) is 0 Å². The van der Waals surface area contributed by atoms with Crippen LogP contribution in [0.15, 0.2) is 0 Å². The van der Waals surface area contributed by atoms with Crippen molar-refractivity contribution in [3.8, 4) is 0 Å². The summed E-state index contributed by atoms with van der Waals surface area (Å²) >= 11 is 0. The molecule has 4 nitrogen and oxygen atoms in total. The summed E-state index contributed by atoms with van der Waals surface area (Å²) in [6, 6.07) is 0. The Morgan fingerprint density at radius 1 is 2.00 bits per heavy atom. The third-order valence-electron chi connectivity index (χ3n) is 1.20. The minimum Gasteiger partial charge on any atom is -0.461 e. The van der Waals surface area contributed by atoms with Crippen LogP contribution in [0.25, 0.3) is 0 Å². The predicted molar refractivity (Wildman–Crippen MR) is 29.3 cm³/mol. The topological polar surface area (TPSA) is 72.5 Å². The van der Waals surface area contributed by atoms with Gasteiger partial charge in [0.05, 0.1) is 6.42 Å². The molecular weight excluding hydrogens is 122 g/mol. The van der Waals surface area contributed by atoms with Gasteiger partial charge in [-0.05, 0) is 0 Å². The third kappa shape index (κ3) is 1.65. The van der Waals surface area contributed by atoms with Crippen molar-refractivity contribution in [2.75, 3.05) is 0 Å². The number of cyclic esters (lactones) is 1. The largest absolute Gasteiger partial charge is 0.461 e. The van der Waals surface area contributed by atoms with E-state index in [0.29, 0.717) is 12.8 Å². The molecule has 9 heavy (non-hydrogen) atoms. The highest BCUT2D eigenvalue weighted by Crippen LogP contribution is 2.16. The van der Waals surface area contributed by atoms with E-state index in [1.807, 2.05) is 0 Å². The van der Waals surface area contributed by atoms with Crippen LogP contribution in [0.5, 0.6) is 0 Å². The zero-order chi connectivity index (χ0) is 6.85. The normalized spacial score (nSPS) is 28.7. The van der Waals surface area contributed by atoms with Gasteiger partial charge in [0.15, 0.2) is 0 Å². The first-order valence-electron chi connectivity index (χ1n) is 2.81. The lowest BCUT2D eigenvalue weighted by molar-refractivity contribution is -0.171. The summed E-state index contributed by atoms with van der Waals surface area (Å²) < 4.78 is 4.57. The van der Waals surface area contributed by atoms with Crippen molar-refractivity contribution in [1.29, 1.82) is 0 Å². The Bertz CT molecular complexity index is 115. The second-order valence-corrected chi connectivity index (χ2v) is 2.12. The van der Waals surface area contributed by atoms with Gasteiger partial charge in [0, 0.05) is 6.42 Å². The van der Waals surface area contributed by atoms with Crippen molar-refractivity contribution < 1.29 is 14.6 Å². The van der Waals surface area contributed by atoms with Crippen molar-refractivity contribution in [3.63, 3.8) is 0 Å². The molecule has 52 valence electrons. The minimum absolute atomic E-state index is 0.141. The summed E-state index contributed by atoms with van der Waals surface area (Å²) in [5, 5.41) is 8.56. The third-order valence-corrected chi connectivity index (χ3v) is 1.20. The zero-order valence-electron chi connectivity index (χ0n) is 4.91. The van der Waals surface area contributed by atoms with Crippen molar-refractivity contribution in [3.05, 3.63) is 0 Å². The fraction of sp³-hybridized carbons (Fsp3) is 0.800. The van der Waals surface area contributed by atoms with Gasteiger partial charge in [-0.1, -0.05) is 0 Å². The molecule has 0 bridgehead atoms. The number of carbonyl (C=O) groups excluding carboxylic acids is 1. The Morgan fingerprint density at radius 2 is 2.56 bits per heavy atom. The van der Waals surface area contributed by atoms with Gasteiger partial charge in [0.2, 0.25) is 0 Å². The number of aliphatic hydroxyl groups is 1. The second kappa shape index (κ2) is 2.33. The molecule has 1 rings (SSSR count). The van der Waals surface area contributed by atoms with Crippen LogP contribution in [0.2, 0.25) is 0 Å². The molecule has 0 aromatic heterocycles. The number of esters is 1. The van der Waals surface area contributed by atoms with Crippen molar-refractivity contribution in [1.82, 2.24) is 0 Å². The maximum Gasteiger partial charge on any atom is 0.309 e. The summed E-state index contributed by atoms with van der Waals surface area (Å²) in [5.74, 6) is -0.208. The molecule has 3 N–H and O–H groups in total. The Balaban J connectivity index is 2.11. The monoisotopic (exact) mass is 131 g/mol. The molecule has 0 radical (unpaired) electrons. The maximum absolute atomic E-state index is 10.1. The van der Waals surface area contributed by atoms with E-state index in [-0.39, 0.29) is 12.1 Å². The van der Waals surface area contributed by atoms with Gasteiger partial charge in [0.1, 0.15) is 12.3 Å². The standard InChI is InChI=1S/C5H9NO3/c6-4(7)1-3-2-5(8)9-3/h3-4,7H,1-2,6H2. The van der Waals surface area contributed by atoms with Crippen molar-refractivity contribution >= 4 is 5.97 Å². The van der Waals surface area contributed by atoms with Gasteiger partial charge in [-0.3, -0.25) is 4.79 Å². The maximum atomic E-state index is 10.1. The Labute approximate surface area is 52.6 Å².